The molecule has 1 aromatic carbocycles. The largest absolute Gasteiger partial charge is 0.329 e. The van der Waals surface area contributed by atoms with Crippen molar-refractivity contribution >= 4 is 29.3 Å². The Hall–Kier alpha value is -0.670. The fourth-order valence-corrected chi connectivity index (χ4v) is 2.76. The van der Waals surface area contributed by atoms with Gasteiger partial charge >= 0.3 is 0 Å². The van der Waals surface area contributed by atoms with Gasteiger partial charge in [0.15, 0.2) is 0 Å². The van der Waals surface area contributed by atoms with Crippen LogP contribution in [-0.2, 0) is 4.79 Å². The molecule has 1 atom stereocenters. The molecule has 1 fully saturated rings. The van der Waals surface area contributed by atoms with Gasteiger partial charge in [-0.3, -0.25) is 4.79 Å². The molecule has 1 aliphatic rings. The fraction of sp³-hybridized carbons (Fsp3) is 0.417. The highest BCUT2D eigenvalue weighted by Gasteiger charge is 2.29. The van der Waals surface area contributed by atoms with Crippen LogP contribution in [0, 0.1) is 0 Å². The standard InChI is InChI=1S/C10H10ClNOS.C2H6/c1-12-9(13)6-14-10(12)7-2-4-8(11)5-3-7;1-2/h2-5,10H,6H2,1H3;1-2H3. The number of halogens is 1. The lowest BCUT2D eigenvalue weighted by molar-refractivity contribution is -0.126. The molecular weight excluding hydrogens is 242 g/mol. The van der Waals surface area contributed by atoms with Gasteiger partial charge in [0.25, 0.3) is 0 Å². The molecule has 4 heteroatoms. The maximum absolute atomic E-state index is 11.3. The second kappa shape index (κ2) is 6.16. The number of carbonyl (C=O) groups is 1. The van der Waals surface area contributed by atoms with E-state index in [4.69, 9.17) is 11.6 Å². The van der Waals surface area contributed by atoms with Crippen molar-refractivity contribution in [2.75, 3.05) is 12.8 Å². The van der Waals surface area contributed by atoms with Crippen LogP contribution in [0.1, 0.15) is 24.8 Å². The second-order valence-corrected chi connectivity index (χ2v) is 4.72. The Labute approximate surface area is 106 Å². The normalized spacial score (nSPS) is 19.4. The topological polar surface area (TPSA) is 20.3 Å². The molecule has 1 amide bonds. The predicted molar refractivity (Wildman–Crippen MR) is 70.8 cm³/mol. The van der Waals surface area contributed by atoms with E-state index in [1.807, 2.05) is 45.2 Å². The first-order valence-corrected chi connectivity index (χ1v) is 6.74. The third-order valence-electron chi connectivity index (χ3n) is 2.26. The molecule has 2 rings (SSSR count). The molecule has 2 nitrogen and oxygen atoms in total. The van der Waals surface area contributed by atoms with Crippen molar-refractivity contribution in [2.45, 2.75) is 19.2 Å². The van der Waals surface area contributed by atoms with Crippen LogP contribution in [0.3, 0.4) is 0 Å². The van der Waals surface area contributed by atoms with Crippen molar-refractivity contribution in [3.05, 3.63) is 34.9 Å². The highest BCUT2D eigenvalue weighted by molar-refractivity contribution is 8.00. The number of carbonyl (C=O) groups excluding carboxylic acids is 1. The summed E-state index contributed by atoms with van der Waals surface area (Å²) >= 11 is 7.45. The molecule has 1 saturated heterocycles. The Morgan fingerprint density at radius 3 is 2.31 bits per heavy atom. The van der Waals surface area contributed by atoms with E-state index >= 15 is 0 Å². The summed E-state index contributed by atoms with van der Waals surface area (Å²) in [5, 5.41) is 0.880. The molecule has 1 unspecified atom stereocenters. The van der Waals surface area contributed by atoms with Crippen LogP contribution < -0.4 is 0 Å². The van der Waals surface area contributed by atoms with E-state index in [1.165, 1.54) is 0 Å². The van der Waals surface area contributed by atoms with Crippen molar-refractivity contribution in [3.8, 4) is 0 Å². The number of thioether (sulfide) groups is 1. The zero-order valence-corrected chi connectivity index (χ0v) is 11.3. The van der Waals surface area contributed by atoms with Crippen molar-refractivity contribution < 1.29 is 4.79 Å². The lowest BCUT2D eigenvalue weighted by Gasteiger charge is -2.18. The lowest BCUT2D eigenvalue weighted by Crippen LogP contribution is -2.22. The number of rotatable bonds is 1. The van der Waals surface area contributed by atoms with E-state index < -0.39 is 0 Å². The minimum atomic E-state index is 0.153. The Kier molecular flexibility index (Phi) is 5.16. The van der Waals surface area contributed by atoms with E-state index in [1.54, 1.807) is 16.7 Å². The van der Waals surface area contributed by atoms with Crippen LogP contribution in [-0.4, -0.2) is 23.6 Å². The summed E-state index contributed by atoms with van der Waals surface area (Å²) in [7, 11) is 1.83. The fourth-order valence-electron chi connectivity index (χ4n) is 1.44. The van der Waals surface area contributed by atoms with Gasteiger partial charge in [-0.2, -0.15) is 0 Å². The van der Waals surface area contributed by atoms with Crippen LogP contribution in [0.2, 0.25) is 5.02 Å². The molecular formula is C12H16ClNOS. The number of hydrogen-bond acceptors (Lipinski definition) is 2. The van der Waals surface area contributed by atoms with Gasteiger partial charge in [-0.25, -0.2) is 0 Å². The smallest absolute Gasteiger partial charge is 0.233 e. The van der Waals surface area contributed by atoms with Gasteiger partial charge in [0, 0.05) is 12.1 Å². The van der Waals surface area contributed by atoms with Crippen LogP contribution >= 0.6 is 23.4 Å². The summed E-state index contributed by atoms with van der Waals surface area (Å²) in [5.74, 6) is 0.763. The average Bonchev–Trinajstić information content (AvgIpc) is 2.64. The third kappa shape index (κ3) is 2.92. The molecule has 0 saturated carbocycles. The van der Waals surface area contributed by atoms with Gasteiger partial charge in [0.1, 0.15) is 5.37 Å². The van der Waals surface area contributed by atoms with Crippen molar-refractivity contribution in [2.24, 2.45) is 0 Å². The lowest BCUT2D eigenvalue weighted by atomic mass is 10.2. The van der Waals surface area contributed by atoms with Gasteiger partial charge < -0.3 is 4.90 Å². The predicted octanol–water partition coefficient (Wildman–Crippen LogP) is 3.57. The van der Waals surface area contributed by atoms with Gasteiger partial charge in [-0.05, 0) is 17.7 Å². The van der Waals surface area contributed by atoms with Crippen LogP contribution in [0.4, 0.5) is 0 Å². The second-order valence-electron chi connectivity index (χ2n) is 3.22. The number of nitrogens with zero attached hydrogens (tertiary/aromatic N) is 1. The van der Waals surface area contributed by atoms with Gasteiger partial charge in [-0.15, -0.1) is 11.8 Å². The van der Waals surface area contributed by atoms with Gasteiger partial charge in [0.05, 0.1) is 5.75 Å². The Morgan fingerprint density at radius 1 is 1.31 bits per heavy atom. The maximum Gasteiger partial charge on any atom is 0.233 e. The van der Waals surface area contributed by atoms with Crippen molar-refractivity contribution in [1.82, 2.24) is 4.90 Å². The van der Waals surface area contributed by atoms with Crippen molar-refractivity contribution in [1.29, 1.82) is 0 Å². The number of benzene rings is 1. The average molecular weight is 258 g/mol. The van der Waals surface area contributed by atoms with Gasteiger partial charge in [-0.1, -0.05) is 37.6 Å². The molecule has 88 valence electrons. The molecule has 0 N–H and O–H groups in total. The third-order valence-corrected chi connectivity index (χ3v) is 3.83. The van der Waals surface area contributed by atoms with E-state index in [9.17, 15) is 4.79 Å². The Morgan fingerprint density at radius 2 is 1.88 bits per heavy atom. The zero-order chi connectivity index (χ0) is 12.1. The van der Waals surface area contributed by atoms with Gasteiger partial charge in [0.2, 0.25) is 5.91 Å². The minimum Gasteiger partial charge on any atom is -0.329 e. The molecule has 1 aromatic rings. The summed E-state index contributed by atoms with van der Waals surface area (Å²) in [6.45, 7) is 4.00. The molecule has 0 spiro atoms. The molecule has 1 heterocycles. The first kappa shape index (κ1) is 13.4. The molecule has 0 aromatic heterocycles. The first-order chi connectivity index (χ1) is 7.68. The highest BCUT2D eigenvalue weighted by atomic mass is 35.5. The zero-order valence-electron chi connectivity index (χ0n) is 9.74. The summed E-state index contributed by atoms with van der Waals surface area (Å²) in [6, 6.07) is 7.65. The number of hydrogen-bond donors (Lipinski definition) is 0. The van der Waals surface area contributed by atoms with E-state index in [2.05, 4.69) is 0 Å². The maximum atomic E-state index is 11.3. The molecule has 0 aliphatic carbocycles. The summed E-state index contributed by atoms with van der Waals surface area (Å²) in [6.07, 6.45) is 0. The summed E-state index contributed by atoms with van der Waals surface area (Å²) < 4.78 is 0. The monoisotopic (exact) mass is 257 g/mol. The molecule has 1 aliphatic heterocycles. The molecule has 16 heavy (non-hydrogen) atoms. The quantitative estimate of drug-likeness (QED) is 0.767. The number of amides is 1. The molecule has 0 bridgehead atoms. The Bertz CT molecular complexity index is 353. The SMILES string of the molecule is CC.CN1C(=O)CSC1c1ccc(Cl)cc1. The van der Waals surface area contributed by atoms with E-state index in [0.717, 1.165) is 10.6 Å². The molecule has 0 radical (unpaired) electrons. The minimum absolute atomic E-state index is 0.153. The van der Waals surface area contributed by atoms with Crippen LogP contribution in [0.25, 0.3) is 0 Å². The summed E-state index contributed by atoms with van der Waals surface area (Å²) in [5.41, 5.74) is 1.13. The highest BCUT2D eigenvalue weighted by Crippen LogP contribution is 2.37. The van der Waals surface area contributed by atoms with E-state index in [-0.39, 0.29) is 11.3 Å². The van der Waals surface area contributed by atoms with Crippen LogP contribution in [0.15, 0.2) is 24.3 Å². The first-order valence-electron chi connectivity index (χ1n) is 5.31. The Balaban J connectivity index is 0.000000606. The van der Waals surface area contributed by atoms with Crippen molar-refractivity contribution in [3.63, 3.8) is 0 Å². The van der Waals surface area contributed by atoms with E-state index in [0.29, 0.717) is 5.75 Å². The summed E-state index contributed by atoms with van der Waals surface area (Å²) in [4.78, 5) is 13.1. The van der Waals surface area contributed by atoms with Crippen LogP contribution in [0.5, 0.6) is 0 Å².